The second-order valence-electron chi connectivity index (χ2n) is 6.06. The fourth-order valence-electron chi connectivity index (χ4n) is 3.06. The lowest BCUT2D eigenvalue weighted by Crippen LogP contribution is -2.40. The van der Waals surface area contributed by atoms with Gasteiger partial charge in [0.25, 0.3) is 0 Å². The number of nitrogens with one attached hydrogen (secondary N) is 1. The molecule has 1 aliphatic heterocycles. The average Bonchev–Trinajstić information content (AvgIpc) is 2.94. The van der Waals surface area contributed by atoms with Crippen LogP contribution in [0.15, 0.2) is 24.3 Å². The highest BCUT2D eigenvalue weighted by Crippen LogP contribution is 2.21. The predicted octanol–water partition coefficient (Wildman–Crippen LogP) is 4.40. The normalized spacial score (nSPS) is 18.0. The van der Waals surface area contributed by atoms with Gasteiger partial charge in [0.2, 0.25) is 5.91 Å². The summed E-state index contributed by atoms with van der Waals surface area (Å²) in [7, 11) is 0. The first-order valence-electron chi connectivity index (χ1n) is 8.33. The van der Waals surface area contributed by atoms with E-state index in [9.17, 15) is 4.79 Å². The molecule has 0 bridgehead atoms. The number of para-hydroxylation sites is 1. The second-order valence-corrected chi connectivity index (χ2v) is 6.06. The minimum Gasteiger partial charge on any atom is -0.324 e. The summed E-state index contributed by atoms with van der Waals surface area (Å²) in [5.74, 6) is 0.164. The molecular formula is C18H29ClN2O. The van der Waals surface area contributed by atoms with Crippen molar-refractivity contribution in [2.45, 2.75) is 58.4 Å². The van der Waals surface area contributed by atoms with Gasteiger partial charge >= 0.3 is 0 Å². The standard InChI is InChI=1S/C18H28N2O.ClH/c1-3-4-5-8-13-20-14-9-12-17(20)18(21)19-16-11-7-6-10-15(16)2;/h6-7,10-11,17H,3-5,8-9,12-14H2,1-2H3,(H,19,21);1H. The zero-order valence-electron chi connectivity index (χ0n) is 13.8. The lowest BCUT2D eigenvalue weighted by Gasteiger charge is -2.24. The highest BCUT2D eigenvalue weighted by Gasteiger charge is 2.30. The van der Waals surface area contributed by atoms with Crippen LogP contribution < -0.4 is 5.32 Å². The zero-order chi connectivity index (χ0) is 15.1. The van der Waals surface area contributed by atoms with Gasteiger partial charge in [-0.1, -0.05) is 44.4 Å². The van der Waals surface area contributed by atoms with Crippen LogP contribution in [0.2, 0.25) is 0 Å². The Morgan fingerprint density at radius 3 is 2.77 bits per heavy atom. The molecule has 1 heterocycles. The predicted molar refractivity (Wildman–Crippen MR) is 95.8 cm³/mol. The summed E-state index contributed by atoms with van der Waals surface area (Å²) in [4.78, 5) is 14.9. The third kappa shape index (κ3) is 5.29. The number of benzene rings is 1. The molecule has 124 valence electrons. The van der Waals surface area contributed by atoms with E-state index in [4.69, 9.17) is 0 Å². The fraction of sp³-hybridized carbons (Fsp3) is 0.611. The number of halogens is 1. The molecule has 0 saturated carbocycles. The zero-order valence-corrected chi connectivity index (χ0v) is 14.6. The Morgan fingerprint density at radius 1 is 1.27 bits per heavy atom. The van der Waals surface area contributed by atoms with E-state index in [1.807, 2.05) is 31.2 Å². The van der Waals surface area contributed by atoms with E-state index in [0.29, 0.717) is 0 Å². The maximum absolute atomic E-state index is 12.5. The summed E-state index contributed by atoms with van der Waals surface area (Å²) >= 11 is 0. The lowest BCUT2D eigenvalue weighted by molar-refractivity contribution is -0.120. The van der Waals surface area contributed by atoms with E-state index < -0.39 is 0 Å². The van der Waals surface area contributed by atoms with Crippen LogP contribution in [0.3, 0.4) is 0 Å². The molecule has 1 fully saturated rings. The first kappa shape index (κ1) is 19.0. The van der Waals surface area contributed by atoms with Crippen LogP contribution in [-0.2, 0) is 4.79 Å². The van der Waals surface area contributed by atoms with Crippen molar-refractivity contribution in [3.8, 4) is 0 Å². The van der Waals surface area contributed by atoms with Crippen molar-refractivity contribution in [2.75, 3.05) is 18.4 Å². The molecule has 0 spiro atoms. The number of rotatable bonds is 7. The molecular weight excluding hydrogens is 296 g/mol. The van der Waals surface area contributed by atoms with Crippen LogP contribution in [0.4, 0.5) is 5.69 Å². The van der Waals surface area contributed by atoms with E-state index in [-0.39, 0.29) is 24.4 Å². The summed E-state index contributed by atoms with van der Waals surface area (Å²) in [6.45, 7) is 6.39. The molecule has 2 rings (SSSR count). The van der Waals surface area contributed by atoms with E-state index in [2.05, 4.69) is 17.1 Å². The quantitative estimate of drug-likeness (QED) is 0.754. The minimum absolute atomic E-state index is 0. The number of carbonyl (C=O) groups is 1. The molecule has 1 aliphatic rings. The summed E-state index contributed by atoms with van der Waals surface area (Å²) in [5.41, 5.74) is 2.07. The van der Waals surface area contributed by atoms with Gasteiger partial charge in [-0.25, -0.2) is 0 Å². The number of unbranched alkanes of at least 4 members (excludes halogenated alkanes) is 3. The Labute approximate surface area is 140 Å². The van der Waals surface area contributed by atoms with Crippen LogP contribution in [0.1, 0.15) is 51.0 Å². The van der Waals surface area contributed by atoms with Crippen molar-refractivity contribution in [1.29, 1.82) is 0 Å². The summed E-state index contributed by atoms with van der Waals surface area (Å²) in [6, 6.07) is 8.05. The largest absolute Gasteiger partial charge is 0.324 e. The molecule has 1 saturated heterocycles. The van der Waals surface area contributed by atoms with Crippen molar-refractivity contribution >= 4 is 24.0 Å². The van der Waals surface area contributed by atoms with Crippen molar-refractivity contribution in [3.05, 3.63) is 29.8 Å². The van der Waals surface area contributed by atoms with E-state index in [1.54, 1.807) is 0 Å². The van der Waals surface area contributed by atoms with Crippen LogP contribution >= 0.6 is 12.4 Å². The number of anilines is 1. The van der Waals surface area contributed by atoms with Crippen molar-refractivity contribution in [2.24, 2.45) is 0 Å². The maximum atomic E-state index is 12.5. The van der Waals surface area contributed by atoms with E-state index in [0.717, 1.165) is 37.2 Å². The third-order valence-electron chi connectivity index (χ3n) is 4.37. The van der Waals surface area contributed by atoms with Crippen molar-refractivity contribution < 1.29 is 4.79 Å². The van der Waals surface area contributed by atoms with Crippen molar-refractivity contribution in [3.63, 3.8) is 0 Å². The second kappa shape index (κ2) is 9.86. The van der Waals surface area contributed by atoms with E-state index >= 15 is 0 Å². The van der Waals surface area contributed by atoms with Crippen molar-refractivity contribution in [1.82, 2.24) is 4.90 Å². The average molecular weight is 325 g/mol. The molecule has 1 atom stereocenters. The number of nitrogens with zero attached hydrogens (tertiary/aromatic N) is 1. The molecule has 1 N–H and O–H groups in total. The van der Waals surface area contributed by atoms with Crippen LogP contribution in [0.5, 0.6) is 0 Å². The Bertz CT molecular complexity index is 464. The SMILES string of the molecule is CCCCCCN1CCCC1C(=O)Nc1ccccc1C.Cl. The summed E-state index contributed by atoms with van der Waals surface area (Å²) in [5, 5.41) is 3.10. The van der Waals surface area contributed by atoms with Gasteiger partial charge < -0.3 is 5.32 Å². The monoisotopic (exact) mass is 324 g/mol. The van der Waals surface area contributed by atoms with Gasteiger partial charge in [0, 0.05) is 5.69 Å². The molecule has 0 aromatic heterocycles. The van der Waals surface area contributed by atoms with Gasteiger partial charge in [0.05, 0.1) is 6.04 Å². The first-order valence-corrected chi connectivity index (χ1v) is 8.33. The minimum atomic E-state index is 0. The number of aryl methyl sites for hydroxylation is 1. The Hall–Kier alpha value is -1.06. The Kier molecular flexibility index (Phi) is 8.51. The fourth-order valence-corrected chi connectivity index (χ4v) is 3.06. The van der Waals surface area contributed by atoms with Crippen LogP contribution in [0.25, 0.3) is 0 Å². The summed E-state index contributed by atoms with van der Waals surface area (Å²) < 4.78 is 0. The molecule has 1 aromatic rings. The summed E-state index contributed by atoms with van der Waals surface area (Å²) in [6.07, 6.45) is 7.18. The highest BCUT2D eigenvalue weighted by atomic mass is 35.5. The van der Waals surface area contributed by atoms with Crippen LogP contribution in [0, 0.1) is 6.92 Å². The van der Waals surface area contributed by atoms with Gasteiger partial charge in [-0.3, -0.25) is 9.69 Å². The number of hydrogen-bond acceptors (Lipinski definition) is 2. The van der Waals surface area contributed by atoms with Gasteiger partial charge in [0.1, 0.15) is 0 Å². The molecule has 22 heavy (non-hydrogen) atoms. The Morgan fingerprint density at radius 2 is 2.05 bits per heavy atom. The smallest absolute Gasteiger partial charge is 0.241 e. The van der Waals surface area contributed by atoms with Gasteiger partial charge in [-0.05, 0) is 50.9 Å². The van der Waals surface area contributed by atoms with Crippen LogP contribution in [-0.4, -0.2) is 29.9 Å². The highest BCUT2D eigenvalue weighted by molar-refractivity contribution is 5.95. The molecule has 0 radical (unpaired) electrons. The molecule has 3 nitrogen and oxygen atoms in total. The maximum Gasteiger partial charge on any atom is 0.241 e. The number of hydrogen-bond donors (Lipinski definition) is 1. The molecule has 1 aromatic carbocycles. The number of amides is 1. The van der Waals surface area contributed by atoms with Gasteiger partial charge in [-0.15, -0.1) is 12.4 Å². The number of carbonyl (C=O) groups excluding carboxylic acids is 1. The lowest BCUT2D eigenvalue weighted by atomic mass is 10.1. The molecule has 0 aliphatic carbocycles. The van der Waals surface area contributed by atoms with E-state index in [1.165, 1.54) is 25.7 Å². The molecule has 1 amide bonds. The molecule has 1 unspecified atom stereocenters. The van der Waals surface area contributed by atoms with Gasteiger partial charge in [-0.2, -0.15) is 0 Å². The number of likely N-dealkylation sites (tertiary alicyclic amines) is 1. The van der Waals surface area contributed by atoms with Gasteiger partial charge in [0.15, 0.2) is 0 Å². The Balaban J connectivity index is 0.00000242. The molecule has 4 heteroatoms. The first-order chi connectivity index (χ1) is 10.2. The third-order valence-corrected chi connectivity index (χ3v) is 4.37. The topological polar surface area (TPSA) is 32.3 Å².